The Bertz CT molecular complexity index is 2660. The highest BCUT2D eigenvalue weighted by Gasteiger charge is 2.22. The van der Waals surface area contributed by atoms with Gasteiger partial charge in [-0.1, -0.05) is 133 Å². The maximum Gasteiger partial charge on any atom is 0.0547 e. The molecule has 46 heavy (non-hydrogen) atoms. The average Bonchev–Trinajstić information content (AvgIpc) is 3.46. The summed E-state index contributed by atoms with van der Waals surface area (Å²) in [6.07, 6.45) is 0. The van der Waals surface area contributed by atoms with Gasteiger partial charge in [0.05, 0.1) is 11.0 Å². The third kappa shape index (κ3) is 3.71. The van der Waals surface area contributed by atoms with E-state index in [2.05, 4.69) is 168 Å². The second-order valence-electron chi connectivity index (χ2n) is 12.1. The van der Waals surface area contributed by atoms with Crippen molar-refractivity contribution in [3.05, 3.63) is 164 Å². The molecule has 0 N–H and O–H groups in total. The van der Waals surface area contributed by atoms with Crippen molar-refractivity contribution in [2.24, 2.45) is 0 Å². The van der Waals surface area contributed by atoms with E-state index in [0.29, 0.717) is 0 Å². The van der Waals surface area contributed by atoms with Crippen LogP contribution >= 0.6 is 11.8 Å². The van der Waals surface area contributed by atoms with Gasteiger partial charge < -0.3 is 4.57 Å². The molecule has 0 saturated heterocycles. The van der Waals surface area contributed by atoms with Gasteiger partial charge in [-0.15, -0.1) is 0 Å². The fourth-order valence-electron chi connectivity index (χ4n) is 7.60. The molecule has 9 aromatic rings. The van der Waals surface area contributed by atoms with Gasteiger partial charge in [-0.3, -0.25) is 0 Å². The van der Waals surface area contributed by atoms with E-state index in [1.54, 1.807) is 0 Å². The van der Waals surface area contributed by atoms with Crippen molar-refractivity contribution < 1.29 is 0 Å². The van der Waals surface area contributed by atoms with Crippen molar-refractivity contribution in [3.63, 3.8) is 0 Å². The first-order valence-electron chi connectivity index (χ1n) is 15.8. The van der Waals surface area contributed by atoms with Gasteiger partial charge in [-0.25, -0.2) is 0 Å². The number of para-hydroxylation sites is 1. The van der Waals surface area contributed by atoms with Gasteiger partial charge in [0.25, 0.3) is 0 Å². The smallest absolute Gasteiger partial charge is 0.0547 e. The number of benzene rings is 8. The van der Waals surface area contributed by atoms with Crippen LogP contribution in [-0.2, 0) is 0 Å². The zero-order valence-corrected chi connectivity index (χ0v) is 25.8. The monoisotopic (exact) mass is 601 g/mol. The van der Waals surface area contributed by atoms with Gasteiger partial charge in [0.1, 0.15) is 0 Å². The number of fused-ring (bicyclic) bond motifs is 7. The van der Waals surface area contributed by atoms with Gasteiger partial charge in [-0.05, 0) is 92.0 Å². The Morgan fingerprint density at radius 2 is 1.09 bits per heavy atom. The van der Waals surface area contributed by atoms with Crippen LogP contribution in [-0.4, -0.2) is 4.57 Å². The molecular formula is C44H27NS. The molecule has 214 valence electrons. The lowest BCUT2D eigenvalue weighted by Gasteiger charge is -2.22. The topological polar surface area (TPSA) is 4.93 Å². The van der Waals surface area contributed by atoms with Crippen molar-refractivity contribution in [2.75, 3.05) is 0 Å². The molecule has 0 atom stereocenters. The summed E-state index contributed by atoms with van der Waals surface area (Å²) in [4.78, 5) is 2.65. The third-order valence-corrected chi connectivity index (χ3v) is 10.7. The lowest BCUT2D eigenvalue weighted by Crippen LogP contribution is -1.95. The van der Waals surface area contributed by atoms with Crippen LogP contribution in [0, 0.1) is 0 Å². The summed E-state index contributed by atoms with van der Waals surface area (Å²) in [5, 5.41) is 7.77. The normalized spacial score (nSPS) is 12.3. The largest absolute Gasteiger partial charge is 0.309 e. The van der Waals surface area contributed by atoms with E-state index < -0.39 is 0 Å². The molecule has 0 amide bonds. The van der Waals surface area contributed by atoms with Crippen molar-refractivity contribution in [1.82, 2.24) is 4.57 Å². The Kier molecular flexibility index (Phi) is 5.58. The first-order chi connectivity index (χ1) is 22.8. The molecule has 10 rings (SSSR count). The van der Waals surface area contributed by atoms with Crippen LogP contribution in [0.4, 0.5) is 0 Å². The number of aromatic nitrogens is 1. The molecule has 1 aliphatic rings. The highest BCUT2D eigenvalue weighted by atomic mass is 32.2. The summed E-state index contributed by atoms with van der Waals surface area (Å²) in [6, 6.07) is 60.2. The van der Waals surface area contributed by atoms with Crippen LogP contribution in [0.1, 0.15) is 0 Å². The zero-order valence-electron chi connectivity index (χ0n) is 24.9. The van der Waals surface area contributed by atoms with Crippen LogP contribution in [0.15, 0.2) is 174 Å². The highest BCUT2D eigenvalue weighted by Crippen LogP contribution is 2.50. The first kappa shape index (κ1) is 25.7. The predicted molar refractivity (Wildman–Crippen MR) is 196 cm³/mol. The molecule has 1 nitrogen and oxygen atoms in total. The summed E-state index contributed by atoms with van der Waals surface area (Å²) in [6.45, 7) is 0. The standard InChI is InChI=1S/C44H27NS/c1-2-12-30(13-3-1)45-39-24-22-29(27-38(39)43-32-15-5-4-11-28(32)21-25-40(43)45)31-14-6-7-16-33(31)34-23-26-42-44-36(34)18-10-19-37(44)35-17-8-9-20-41(35)46-42/h1-27H. The Morgan fingerprint density at radius 1 is 0.370 bits per heavy atom. The number of nitrogens with zero attached hydrogens (tertiary/aromatic N) is 1. The van der Waals surface area contributed by atoms with E-state index in [1.807, 2.05) is 11.8 Å². The van der Waals surface area contributed by atoms with Crippen molar-refractivity contribution in [3.8, 4) is 39.1 Å². The van der Waals surface area contributed by atoms with Gasteiger partial charge in [0, 0.05) is 31.6 Å². The van der Waals surface area contributed by atoms with E-state index in [-0.39, 0.29) is 0 Å². The van der Waals surface area contributed by atoms with Gasteiger partial charge in [-0.2, -0.15) is 0 Å². The maximum absolute atomic E-state index is 2.42. The van der Waals surface area contributed by atoms with E-state index in [9.17, 15) is 0 Å². The summed E-state index contributed by atoms with van der Waals surface area (Å²) in [5.74, 6) is 0. The molecule has 0 unspecified atom stereocenters. The minimum atomic E-state index is 1.18. The number of rotatable bonds is 3. The summed E-state index contributed by atoms with van der Waals surface area (Å²) in [7, 11) is 0. The van der Waals surface area contributed by atoms with Crippen LogP contribution < -0.4 is 0 Å². The van der Waals surface area contributed by atoms with E-state index >= 15 is 0 Å². The minimum Gasteiger partial charge on any atom is -0.309 e. The van der Waals surface area contributed by atoms with E-state index in [1.165, 1.54) is 92.2 Å². The first-order valence-corrected chi connectivity index (χ1v) is 16.6. The SMILES string of the molecule is c1ccc(-n2c3ccc(-c4ccccc4-c4ccc5c6c(cccc46)-c4ccccc4S5)cc3c3c4ccccc4ccc32)cc1. The molecule has 1 aliphatic heterocycles. The molecule has 8 aromatic carbocycles. The molecular weight excluding hydrogens is 575 g/mol. The Balaban J connectivity index is 1.23. The van der Waals surface area contributed by atoms with Gasteiger partial charge in [0.2, 0.25) is 0 Å². The fourth-order valence-corrected chi connectivity index (χ4v) is 8.73. The summed E-state index contributed by atoms with van der Waals surface area (Å²) in [5.41, 5.74) is 11.3. The number of hydrogen-bond acceptors (Lipinski definition) is 1. The quantitative estimate of drug-likeness (QED) is 0.195. The van der Waals surface area contributed by atoms with Gasteiger partial charge in [0.15, 0.2) is 0 Å². The summed E-state index contributed by atoms with van der Waals surface area (Å²) < 4.78 is 2.41. The van der Waals surface area contributed by atoms with Gasteiger partial charge >= 0.3 is 0 Å². The molecule has 2 heteroatoms. The molecule has 0 bridgehead atoms. The van der Waals surface area contributed by atoms with Crippen molar-refractivity contribution >= 4 is 55.1 Å². The Morgan fingerprint density at radius 3 is 2.00 bits per heavy atom. The fraction of sp³-hybridized carbons (Fsp3) is 0. The lowest BCUT2D eigenvalue weighted by molar-refractivity contribution is 1.18. The number of hydrogen-bond donors (Lipinski definition) is 0. The molecule has 0 fully saturated rings. The van der Waals surface area contributed by atoms with Crippen molar-refractivity contribution in [2.45, 2.75) is 9.79 Å². The second kappa shape index (κ2) is 9.97. The van der Waals surface area contributed by atoms with Crippen LogP contribution in [0.2, 0.25) is 0 Å². The molecule has 1 aromatic heterocycles. The van der Waals surface area contributed by atoms with Crippen molar-refractivity contribution in [1.29, 1.82) is 0 Å². The van der Waals surface area contributed by atoms with Crippen LogP contribution in [0.5, 0.6) is 0 Å². The van der Waals surface area contributed by atoms with E-state index in [0.717, 1.165) is 0 Å². The highest BCUT2D eigenvalue weighted by molar-refractivity contribution is 7.99. The minimum absolute atomic E-state index is 1.18. The predicted octanol–water partition coefficient (Wildman–Crippen LogP) is 12.6. The van der Waals surface area contributed by atoms with E-state index in [4.69, 9.17) is 0 Å². The zero-order chi connectivity index (χ0) is 30.2. The third-order valence-electron chi connectivity index (χ3n) is 9.60. The maximum atomic E-state index is 2.42. The molecule has 2 heterocycles. The van der Waals surface area contributed by atoms with Crippen LogP contribution in [0.3, 0.4) is 0 Å². The molecule has 0 saturated carbocycles. The lowest BCUT2D eigenvalue weighted by atomic mass is 9.88. The second-order valence-corrected chi connectivity index (χ2v) is 13.2. The summed E-state index contributed by atoms with van der Waals surface area (Å²) >= 11 is 1.88. The Hall–Kier alpha value is -5.57. The molecule has 0 aliphatic carbocycles. The molecule has 0 spiro atoms. The van der Waals surface area contributed by atoms with Crippen LogP contribution in [0.25, 0.3) is 82.4 Å². The molecule has 0 radical (unpaired) electrons. The average molecular weight is 602 g/mol. The Labute approximate surface area is 271 Å².